The zero-order chi connectivity index (χ0) is 14.0. The van der Waals surface area contributed by atoms with E-state index < -0.39 is 11.7 Å². The number of benzene rings is 1. The summed E-state index contributed by atoms with van der Waals surface area (Å²) in [4.78, 5) is 16.2. The van der Waals surface area contributed by atoms with Gasteiger partial charge in [-0.05, 0) is 24.1 Å². The van der Waals surface area contributed by atoms with Gasteiger partial charge < -0.3 is 5.73 Å². The van der Waals surface area contributed by atoms with Gasteiger partial charge in [0.1, 0.15) is 5.82 Å². The number of halogens is 1. The van der Waals surface area contributed by atoms with Crippen LogP contribution in [-0.2, 0) is 0 Å². The zero-order valence-electron chi connectivity index (χ0n) is 10.6. The molecule has 3 N–H and O–H groups in total. The van der Waals surface area contributed by atoms with Crippen LogP contribution >= 0.6 is 11.3 Å². The van der Waals surface area contributed by atoms with Gasteiger partial charge in [-0.25, -0.2) is 9.37 Å². The van der Waals surface area contributed by atoms with Crippen LogP contribution in [-0.4, -0.2) is 10.9 Å². The monoisotopic (exact) mass is 279 g/mol. The van der Waals surface area contributed by atoms with Gasteiger partial charge in [0.25, 0.3) is 5.91 Å². The molecule has 6 heteroatoms. The first-order valence-corrected chi connectivity index (χ1v) is 6.66. The lowest BCUT2D eigenvalue weighted by Gasteiger charge is -2.03. The largest absolute Gasteiger partial charge is 0.399 e. The van der Waals surface area contributed by atoms with Gasteiger partial charge in [-0.15, -0.1) is 11.3 Å². The van der Waals surface area contributed by atoms with Crippen molar-refractivity contribution in [3.63, 3.8) is 0 Å². The number of hydrogen-bond donors (Lipinski definition) is 2. The molecule has 0 bridgehead atoms. The molecular weight excluding hydrogens is 265 g/mol. The van der Waals surface area contributed by atoms with E-state index in [1.54, 1.807) is 0 Å². The molecule has 1 heterocycles. The highest BCUT2D eigenvalue weighted by Gasteiger charge is 2.11. The molecule has 1 amide bonds. The Balaban J connectivity index is 2.15. The van der Waals surface area contributed by atoms with Gasteiger partial charge in [0.05, 0.1) is 5.69 Å². The molecule has 1 aromatic heterocycles. The van der Waals surface area contributed by atoms with Crippen LogP contribution in [0.3, 0.4) is 0 Å². The molecule has 0 atom stereocenters. The van der Waals surface area contributed by atoms with Gasteiger partial charge in [0.15, 0.2) is 5.13 Å². The van der Waals surface area contributed by atoms with E-state index in [-0.39, 0.29) is 11.3 Å². The molecule has 19 heavy (non-hydrogen) atoms. The van der Waals surface area contributed by atoms with Crippen LogP contribution < -0.4 is 11.1 Å². The van der Waals surface area contributed by atoms with Crippen LogP contribution in [0.25, 0.3) is 0 Å². The number of rotatable bonds is 3. The second-order valence-electron chi connectivity index (χ2n) is 4.46. The number of thiazole rings is 1. The lowest BCUT2D eigenvalue weighted by molar-refractivity contribution is 0.102. The van der Waals surface area contributed by atoms with Gasteiger partial charge in [-0.1, -0.05) is 13.8 Å². The minimum absolute atomic E-state index is 0.179. The highest BCUT2D eigenvalue weighted by molar-refractivity contribution is 7.14. The third kappa shape index (κ3) is 3.29. The van der Waals surface area contributed by atoms with Crippen molar-refractivity contribution < 1.29 is 9.18 Å². The number of nitrogen functional groups attached to an aromatic ring is 1. The molecule has 0 saturated carbocycles. The summed E-state index contributed by atoms with van der Waals surface area (Å²) in [6.45, 7) is 4.04. The highest BCUT2D eigenvalue weighted by atomic mass is 32.1. The van der Waals surface area contributed by atoms with E-state index in [1.807, 2.05) is 19.2 Å². The maximum Gasteiger partial charge on any atom is 0.257 e. The smallest absolute Gasteiger partial charge is 0.257 e. The van der Waals surface area contributed by atoms with Crippen molar-refractivity contribution in [1.29, 1.82) is 0 Å². The summed E-state index contributed by atoms with van der Waals surface area (Å²) in [6, 6.07) is 3.73. The van der Waals surface area contributed by atoms with Gasteiger partial charge in [0, 0.05) is 16.6 Å². The van der Waals surface area contributed by atoms with E-state index in [4.69, 9.17) is 5.73 Å². The number of hydrogen-bond acceptors (Lipinski definition) is 4. The fourth-order valence-electron chi connectivity index (χ4n) is 1.52. The van der Waals surface area contributed by atoms with E-state index in [9.17, 15) is 9.18 Å². The molecule has 1 aromatic carbocycles. The Bertz CT molecular complexity index is 589. The standard InChI is InChI=1S/C13H14FN3OS/c1-7(2)11-6-19-13(16-11)17-12(18)8-3-9(14)5-10(15)4-8/h3-7H,15H2,1-2H3,(H,16,17,18). The Kier molecular flexibility index (Phi) is 3.80. The molecule has 0 aliphatic heterocycles. The lowest BCUT2D eigenvalue weighted by Crippen LogP contribution is -2.12. The van der Waals surface area contributed by atoms with Crippen molar-refractivity contribution in [2.24, 2.45) is 0 Å². The molecule has 4 nitrogen and oxygen atoms in total. The van der Waals surface area contributed by atoms with Crippen molar-refractivity contribution in [3.05, 3.63) is 40.7 Å². The van der Waals surface area contributed by atoms with Crippen molar-refractivity contribution in [2.75, 3.05) is 11.1 Å². The topological polar surface area (TPSA) is 68.0 Å². The van der Waals surface area contributed by atoms with Crippen LogP contribution in [0.1, 0.15) is 35.8 Å². The molecule has 0 aliphatic carbocycles. The van der Waals surface area contributed by atoms with Crippen LogP contribution in [0.15, 0.2) is 23.6 Å². The van der Waals surface area contributed by atoms with E-state index >= 15 is 0 Å². The zero-order valence-corrected chi connectivity index (χ0v) is 11.4. The number of nitrogens with two attached hydrogens (primary N) is 1. The maximum atomic E-state index is 13.2. The SMILES string of the molecule is CC(C)c1csc(NC(=O)c2cc(N)cc(F)c2)n1. The summed E-state index contributed by atoms with van der Waals surface area (Å²) < 4.78 is 13.2. The average Bonchev–Trinajstić information content (AvgIpc) is 2.76. The van der Waals surface area contributed by atoms with Crippen molar-refractivity contribution in [3.8, 4) is 0 Å². The number of aromatic nitrogens is 1. The Morgan fingerprint density at radius 2 is 2.16 bits per heavy atom. The fourth-order valence-corrected chi connectivity index (χ4v) is 2.39. The molecule has 0 fully saturated rings. The first-order chi connectivity index (χ1) is 8.95. The predicted octanol–water partition coefficient (Wildman–Crippen LogP) is 3.24. The van der Waals surface area contributed by atoms with Crippen LogP contribution in [0.2, 0.25) is 0 Å². The number of anilines is 2. The third-order valence-corrected chi connectivity index (χ3v) is 3.29. The molecule has 2 aromatic rings. The number of nitrogens with one attached hydrogen (secondary N) is 1. The van der Waals surface area contributed by atoms with Crippen molar-refractivity contribution >= 4 is 28.1 Å². The normalized spacial score (nSPS) is 10.7. The Labute approximate surface area is 114 Å². The summed E-state index contributed by atoms with van der Waals surface area (Å²) in [5.74, 6) is -0.658. The Morgan fingerprint density at radius 1 is 1.42 bits per heavy atom. The predicted molar refractivity (Wildman–Crippen MR) is 75.0 cm³/mol. The Hall–Kier alpha value is -1.95. The van der Waals surface area contributed by atoms with Crippen molar-refractivity contribution in [2.45, 2.75) is 19.8 Å². The number of nitrogens with zero attached hydrogens (tertiary/aromatic N) is 1. The molecule has 0 spiro atoms. The minimum atomic E-state index is -0.535. The maximum absolute atomic E-state index is 13.2. The summed E-state index contributed by atoms with van der Waals surface area (Å²) in [7, 11) is 0. The van der Waals surface area contributed by atoms with Crippen molar-refractivity contribution in [1.82, 2.24) is 4.98 Å². The summed E-state index contributed by atoms with van der Waals surface area (Å²) in [6.07, 6.45) is 0. The fraction of sp³-hybridized carbons (Fsp3) is 0.231. The van der Waals surface area contributed by atoms with Crippen LogP contribution in [0, 0.1) is 5.82 Å². The third-order valence-electron chi connectivity index (χ3n) is 2.52. The highest BCUT2D eigenvalue weighted by Crippen LogP contribution is 2.22. The summed E-state index contributed by atoms with van der Waals surface area (Å²) in [5, 5.41) is 5.02. The molecule has 0 saturated heterocycles. The number of amides is 1. The van der Waals surface area contributed by atoms with Crippen LogP contribution in [0.4, 0.5) is 15.2 Å². The summed E-state index contributed by atoms with van der Waals surface area (Å²) in [5.41, 5.74) is 6.81. The molecule has 0 unspecified atom stereocenters. The second-order valence-corrected chi connectivity index (χ2v) is 5.32. The second kappa shape index (κ2) is 5.36. The van der Waals surface area contributed by atoms with E-state index in [1.165, 1.54) is 17.4 Å². The Morgan fingerprint density at radius 3 is 2.74 bits per heavy atom. The first-order valence-electron chi connectivity index (χ1n) is 5.78. The quantitative estimate of drug-likeness (QED) is 0.847. The van der Waals surface area contributed by atoms with Crippen LogP contribution in [0.5, 0.6) is 0 Å². The molecule has 0 aliphatic rings. The van der Waals surface area contributed by atoms with Gasteiger partial charge in [-0.3, -0.25) is 10.1 Å². The first kappa shape index (κ1) is 13.5. The average molecular weight is 279 g/mol. The van der Waals surface area contributed by atoms with E-state index in [2.05, 4.69) is 10.3 Å². The van der Waals surface area contributed by atoms with E-state index in [0.717, 1.165) is 17.8 Å². The number of carbonyl (C=O) groups excluding carboxylic acids is 1. The van der Waals surface area contributed by atoms with Gasteiger partial charge >= 0.3 is 0 Å². The van der Waals surface area contributed by atoms with E-state index in [0.29, 0.717) is 11.0 Å². The lowest BCUT2D eigenvalue weighted by atomic mass is 10.2. The summed E-state index contributed by atoms with van der Waals surface area (Å²) >= 11 is 1.34. The minimum Gasteiger partial charge on any atom is -0.399 e. The van der Waals surface area contributed by atoms with Gasteiger partial charge in [-0.2, -0.15) is 0 Å². The molecule has 2 rings (SSSR count). The molecule has 100 valence electrons. The molecule has 0 radical (unpaired) electrons. The van der Waals surface area contributed by atoms with Gasteiger partial charge in [0.2, 0.25) is 0 Å². The molecular formula is C13H14FN3OS. The number of carbonyl (C=O) groups is 1.